The molecule has 0 bridgehead atoms. The van der Waals surface area contributed by atoms with Crippen molar-refractivity contribution < 1.29 is 27.8 Å². The van der Waals surface area contributed by atoms with Crippen LogP contribution in [0.25, 0.3) is 0 Å². The Morgan fingerprint density at radius 1 is 1.04 bits per heavy atom. The molecule has 0 spiro atoms. The highest BCUT2D eigenvalue weighted by atomic mass is 19.4. The highest BCUT2D eigenvalue weighted by Crippen LogP contribution is 2.29. The fourth-order valence-electron chi connectivity index (χ4n) is 1.96. The van der Waals surface area contributed by atoms with E-state index in [9.17, 15) is 23.1 Å². The lowest BCUT2D eigenvalue weighted by Crippen LogP contribution is -2.31. The Morgan fingerprint density at radius 3 is 2.22 bits per heavy atom. The molecule has 2 unspecified atom stereocenters. The van der Waals surface area contributed by atoms with Crippen molar-refractivity contribution in [1.29, 1.82) is 0 Å². The van der Waals surface area contributed by atoms with Crippen LogP contribution in [0.15, 0.2) is 54.6 Å². The number of carbonyl (C=O) groups is 1. The van der Waals surface area contributed by atoms with E-state index in [1.165, 1.54) is 24.3 Å². The van der Waals surface area contributed by atoms with Crippen LogP contribution in [0.1, 0.15) is 28.9 Å². The topological polar surface area (TPSA) is 46.5 Å². The smallest absolute Gasteiger partial charge is 0.425 e. The molecule has 2 rings (SSSR count). The molecular formula is C17H15F3O3. The van der Waals surface area contributed by atoms with Crippen molar-refractivity contribution in [3.8, 4) is 5.75 Å². The number of hydrogen-bond donors (Lipinski definition) is 1. The molecule has 1 N–H and O–H groups in total. The van der Waals surface area contributed by atoms with Crippen molar-refractivity contribution in [2.24, 2.45) is 0 Å². The minimum Gasteiger partial charge on any atom is -0.480 e. The number of hydrogen-bond acceptors (Lipinski definition) is 3. The van der Waals surface area contributed by atoms with Crippen LogP contribution in [0.2, 0.25) is 0 Å². The van der Waals surface area contributed by atoms with Gasteiger partial charge in [0.25, 0.3) is 0 Å². The van der Waals surface area contributed by atoms with Gasteiger partial charge in [0, 0.05) is 0 Å². The second-order valence-electron chi connectivity index (χ2n) is 4.98. The number of Topliss-reactive ketones (excluding diaryl/α,β-unsaturated/α-hetero) is 1. The molecule has 0 aliphatic rings. The van der Waals surface area contributed by atoms with Gasteiger partial charge in [-0.2, -0.15) is 13.2 Å². The van der Waals surface area contributed by atoms with E-state index in [2.05, 4.69) is 0 Å². The molecule has 2 aromatic carbocycles. The minimum atomic E-state index is -4.55. The van der Waals surface area contributed by atoms with Crippen LogP contribution in [0, 0.1) is 0 Å². The zero-order chi connectivity index (χ0) is 17.0. The molecule has 0 heterocycles. The fraction of sp³-hybridized carbons (Fsp3) is 0.235. The monoisotopic (exact) mass is 324 g/mol. The fourth-order valence-corrected chi connectivity index (χ4v) is 1.96. The van der Waals surface area contributed by atoms with Crippen LogP contribution in [0.5, 0.6) is 5.75 Å². The van der Waals surface area contributed by atoms with Gasteiger partial charge in [-0.1, -0.05) is 42.5 Å². The second-order valence-corrected chi connectivity index (χ2v) is 4.98. The van der Waals surface area contributed by atoms with Gasteiger partial charge in [-0.05, 0) is 24.6 Å². The predicted molar refractivity (Wildman–Crippen MR) is 78.3 cm³/mol. The third-order valence-corrected chi connectivity index (χ3v) is 3.28. The molecule has 2 aromatic rings. The molecule has 2 atom stereocenters. The Kier molecular flexibility index (Phi) is 5.05. The van der Waals surface area contributed by atoms with Gasteiger partial charge in [-0.3, -0.25) is 4.79 Å². The summed E-state index contributed by atoms with van der Waals surface area (Å²) in [4.78, 5) is 12.4. The summed E-state index contributed by atoms with van der Waals surface area (Å²) in [6, 6.07) is 13.7. The number of para-hydroxylation sites is 1. The van der Waals surface area contributed by atoms with E-state index in [0.717, 1.165) is 6.92 Å². The van der Waals surface area contributed by atoms with Crippen LogP contribution < -0.4 is 4.74 Å². The largest absolute Gasteiger partial charge is 0.480 e. The van der Waals surface area contributed by atoms with Gasteiger partial charge in [0.2, 0.25) is 0 Å². The van der Waals surface area contributed by atoms with E-state index >= 15 is 0 Å². The first-order valence-corrected chi connectivity index (χ1v) is 6.90. The highest BCUT2D eigenvalue weighted by Gasteiger charge is 2.38. The van der Waals surface area contributed by atoms with Crippen LogP contribution in [-0.2, 0) is 0 Å². The van der Waals surface area contributed by atoms with Gasteiger partial charge >= 0.3 is 6.18 Å². The number of aliphatic hydroxyl groups is 1. The van der Waals surface area contributed by atoms with E-state index in [0.29, 0.717) is 5.56 Å². The third-order valence-electron chi connectivity index (χ3n) is 3.28. The summed E-state index contributed by atoms with van der Waals surface area (Å²) >= 11 is 0. The maximum atomic E-state index is 12.6. The van der Waals surface area contributed by atoms with Crippen LogP contribution in [-0.4, -0.2) is 23.2 Å². The Morgan fingerprint density at radius 2 is 1.61 bits per heavy atom. The van der Waals surface area contributed by atoms with Gasteiger partial charge in [0.1, 0.15) is 11.9 Å². The highest BCUT2D eigenvalue weighted by molar-refractivity contribution is 6.02. The van der Waals surface area contributed by atoms with Gasteiger partial charge in [0.15, 0.2) is 11.9 Å². The van der Waals surface area contributed by atoms with E-state index < -0.39 is 24.2 Å². The zero-order valence-corrected chi connectivity index (χ0v) is 12.2. The van der Waals surface area contributed by atoms with Gasteiger partial charge in [-0.15, -0.1) is 0 Å². The maximum Gasteiger partial charge on any atom is 0.425 e. The Hall–Kier alpha value is -2.34. The summed E-state index contributed by atoms with van der Waals surface area (Å²) in [6.45, 7) is 0.856. The van der Waals surface area contributed by atoms with Crippen LogP contribution >= 0.6 is 0 Å². The summed E-state index contributed by atoms with van der Waals surface area (Å²) in [6.07, 6.45) is -8.08. The summed E-state index contributed by atoms with van der Waals surface area (Å²) in [5.74, 6) is -0.932. The van der Waals surface area contributed by atoms with Crippen molar-refractivity contribution in [2.75, 3.05) is 0 Å². The Labute approximate surface area is 131 Å². The third kappa shape index (κ3) is 4.10. The van der Waals surface area contributed by atoms with Crippen molar-refractivity contribution >= 4 is 5.78 Å². The van der Waals surface area contributed by atoms with E-state index in [-0.39, 0.29) is 11.3 Å². The molecule has 0 aromatic heterocycles. The summed E-state index contributed by atoms with van der Waals surface area (Å²) in [5.41, 5.74) is 0.260. The van der Waals surface area contributed by atoms with Crippen molar-refractivity contribution in [2.45, 2.75) is 25.3 Å². The van der Waals surface area contributed by atoms with Gasteiger partial charge in [-0.25, -0.2) is 0 Å². The van der Waals surface area contributed by atoms with Gasteiger partial charge in [0.05, 0.1) is 5.56 Å². The second kappa shape index (κ2) is 6.83. The number of ketones is 1. The molecule has 0 aliphatic carbocycles. The lowest BCUT2D eigenvalue weighted by Gasteiger charge is -2.20. The molecule has 0 radical (unpaired) electrons. The van der Waals surface area contributed by atoms with E-state index in [1.54, 1.807) is 30.3 Å². The lowest BCUT2D eigenvalue weighted by atomic mass is 9.99. The molecule has 0 saturated heterocycles. The number of rotatable bonds is 5. The summed E-state index contributed by atoms with van der Waals surface area (Å²) < 4.78 is 42.8. The molecular weight excluding hydrogens is 309 g/mol. The standard InChI is InChI=1S/C17H15F3O3/c1-11(17(18,19)20)23-14-10-6-5-9-13(14)16(22)15(21)12-7-3-2-4-8-12/h2-11,15,21H,1H3. The Balaban J connectivity index is 2.28. The summed E-state index contributed by atoms with van der Waals surface area (Å²) in [7, 11) is 0. The minimum absolute atomic E-state index is 0.0973. The van der Waals surface area contributed by atoms with Crippen LogP contribution in [0.3, 0.4) is 0 Å². The predicted octanol–water partition coefficient (Wildman–Crippen LogP) is 3.93. The van der Waals surface area contributed by atoms with Crippen LogP contribution in [0.4, 0.5) is 13.2 Å². The normalized spacial score (nSPS) is 14.1. The molecule has 0 aliphatic heterocycles. The SMILES string of the molecule is CC(Oc1ccccc1C(=O)C(O)c1ccccc1)C(F)(F)F. The van der Waals surface area contributed by atoms with Crippen molar-refractivity contribution in [1.82, 2.24) is 0 Å². The number of alkyl halides is 3. The molecule has 0 fully saturated rings. The lowest BCUT2D eigenvalue weighted by molar-refractivity contribution is -0.189. The molecule has 3 nitrogen and oxygen atoms in total. The van der Waals surface area contributed by atoms with E-state index in [4.69, 9.17) is 4.74 Å². The molecule has 0 amide bonds. The quantitative estimate of drug-likeness (QED) is 0.848. The first-order chi connectivity index (χ1) is 10.8. The zero-order valence-electron chi connectivity index (χ0n) is 12.2. The first-order valence-electron chi connectivity index (χ1n) is 6.90. The molecule has 23 heavy (non-hydrogen) atoms. The Bertz CT molecular complexity index is 668. The molecule has 6 heteroatoms. The van der Waals surface area contributed by atoms with Crippen molar-refractivity contribution in [3.05, 3.63) is 65.7 Å². The maximum absolute atomic E-state index is 12.6. The van der Waals surface area contributed by atoms with Gasteiger partial charge < -0.3 is 9.84 Å². The number of halogens is 3. The molecule has 122 valence electrons. The summed E-state index contributed by atoms with van der Waals surface area (Å²) in [5, 5.41) is 10.1. The average molecular weight is 324 g/mol. The molecule has 0 saturated carbocycles. The van der Waals surface area contributed by atoms with Crippen molar-refractivity contribution in [3.63, 3.8) is 0 Å². The number of aliphatic hydroxyl groups excluding tert-OH is 1. The number of benzene rings is 2. The number of carbonyl (C=O) groups excluding carboxylic acids is 1. The number of ether oxygens (including phenoxy) is 1. The van der Waals surface area contributed by atoms with E-state index in [1.807, 2.05) is 0 Å². The first kappa shape index (κ1) is 17.0. The average Bonchev–Trinajstić information content (AvgIpc) is 2.54.